The molecule has 7 nitrogen and oxygen atoms in total. The van der Waals surface area contributed by atoms with E-state index in [1.54, 1.807) is 4.90 Å². The normalized spacial score (nSPS) is 21.8. The molecule has 1 saturated heterocycles. The molecule has 170 valence electrons. The highest BCUT2D eigenvalue weighted by atomic mass is 32.1. The summed E-state index contributed by atoms with van der Waals surface area (Å²) in [4.78, 5) is 30.4. The highest BCUT2D eigenvalue weighted by Crippen LogP contribution is 2.38. The zero-order valence-electron chi connectivity index (χ0n) is 18.1. The van der Waals surface area contributed by atoms with Crippen molar-refractivity contribution >= 4 is 23.2 Å². The molecule has 0 spiro atoms. The predicted molar refractivity (Wildman–Crippen MR) is 123 cm³/mol. The molecule has 5 rings (SSSR count). The summed E-state index contributed by atoms with van der Waals surface area (Å²) in [6.07, 6.45) is 3.31. The molecule has 2 aromatic carbocycles. The Balaban J connectivity index is 1.24. The zero-order chi connectivity index (χ0) is 22.9. The number of amides is 1. The molecule has 3 aromatic rings. The summed E-state index contributed by atoms with van der Waals surface area (Å²) in [7, 11) is 0. The van der Waals surface area contributed by atoms with Gasteiger partial charge in [-0.05, 0) is 48.1 Å². The van der Waals surface area contributed by atoms with E-state index in [1.165, 1.54) is 23.1 Å². The van der Waals surface area contributed by atoms with Gasteiger partial charge in [0.1, 0.15) is 22.5 Å². The average Bonchev–Trinajstić information content (AvgIpc) is 3.45. The number of likely N-dealkylation sites (tertiary alicyclic amines) is 1. The lowest BCUT2D eigenvalue weighted by molar-refractivity contribution is -0.142. The molecule has 0 radical (unpaired) electrons. The van der Waals surface area contributed by atoms with Crippen molar-refractivity contribution in [3.8, 4) is 16.7 Å². The van der Waals surface area contributed by atoms with E-state index < -0.39 is 11.9 Å². The number of hydrogen-bond acceptors (Lipinski definition) is 6. The number of hydrogen-bond donors (Lipinski definition) is 1. The predicted octanol–water partition coefficient (Wildman–Crippen LogP) is 4.79. The van der Waals surface area contributed by atoms with Crippen LogP contribution in [0.5, 0.6) is 16.7 Å². The maximum Gasteiger partial charge on any atom is 0.308 e. The van der Waals surface area contributed by atoms with Gasteiger partial charge in [-0.15, -0.1) is 0 Å². The number of carboxylic acids is 1. The van der Waals surface area contributed by atoms with Gasteiger partial charge in [0.05, 0.1) is 12.1 Å². The second-order valence-corrected chi connectivity index (χ2v) is 9.54. The fourth-order valence-corrected chi connectivity index (χ4v) is 5.20. The fourth-order valence-electron chi connectivity index (χ4n) is 4.45. The number of carboxylic acid groups (broad SMARTS) is 1. The minimum atomic E-state index is -0.863. The van der Waals surface area contributed by atoms with E-state index in [1.807, 2.05) is 43.3 Å². The summed E-state index contributed by atoms with van der Waals surface area (Å²) in [5, 5.41) is 9.68. The van der Waals surface area contributed by atoms with Crippen LogP contribution < -0.4 is 9.47 Å². The van der Waals surface area contributed by atoms with Crippen LogP contribution in [0.3, 0.4) is 0 Å². The van der Waals surface area contributed by atoms with Gasteiger partial charge in [-0.2, -0.15) is 0 Å². The molecule has 0 bridgehead atoms. The molecule has 1 aromatic heterocycles. The van der Waals surface area contributed by atoms with Crippen molar-refractivity contribution in [2.24, 2.45) is 11.8 Å². The van der Waals surface area contributed by atoms with Crippen molar-refractivity contribution in [3.63, 3.8) is 0 Å². The number of rotatable bonds is 5. The molecule has 8 heteroatoms. The first-order valence-electron chi connectivity index (χ1n) is 11.0. The molecule has 1 amide bonds. The van der Waals surface area contributed by atoms with Crippen molar-refractivity contribution in [2.75, 3.05) is 13.1 Å². The van der Waals surface area contributed by atoms with Gasteiger partial charge >= 0.3 is 5.97 Å². The van der Waals surface area contributed by atoms with E-state index in [4.69, 9.17) is 9.47 Å². The van der Waals surface area contributed by atoms with Crippen molar-refractivity contribution in [1.29, 1.82) is 0 Å². The standard InChI is InChI=1S/C25H24N2O5S/c1-15-13-27(14-19(15)24(29)30)23(28)22-12-26-25(33-22)31-18-8-10-21-17(11-18)7-9-20(32-21)16-5-3-2-4-6-16/h2-6,8,10-12,15,19-20H,7,9,13-14H2,1H3,(H,29,30)/t15?,19?,20-/m0/s1. The number of fused-ring (bicyclic) bond motifs is 1. The number of thiazole rings is 1. The summed E-state index contributed by atoms with van der Waals surface area (Å²) >= 11 is 1.17. The van der Waals surface area contributed by atoms with Crippen LogP contribution in [0.25, 0.3) is 0 Å². The summed E-state index contributed by atoms with van der Waals surface area (Å²) < 4.78 is 12.1. The third-order valence-electron chi connectivity index (χ3n) is 6.27. The first-order valence-corrected chi connectivity index (χ1v) is 11.8. The first-order chi connectivity index (χ1) is 16.0. The average molecular weight is 465 g/mol. The molecule has 3 heterocycles. The number of aromatic nitrogens is 1. The Labute approximate surface area is 195 Å². The van der Waals surface area contributed by atoms with Gasteiger partial charge < -0.3 is 19.5 Å². The van der Waals surface area contributed by atoms with E-state index in [-0.39, 0.29) is 24.5 Å². The summed E-state index contributed by atoms with van der Waals surface area (Å²) in [5.74, 6) is -0.175. The smallest absolute Gasteiger partial charge is 0.308 e. The van der Waals surface area contributed by atoms with Crippen molar-refractivity contribution < 1.29 is 24.2 Å². The number of benzene rings is 2. The molecule has 2 aliphatic heterocycles. The quantitative estimate of drug-likeness (QED) is 0.584. The molecule has 2 unspecified atom stereocenters. The Morgan fingerprint density at radius 3 is 2.76 bits per heavy atom. The topological polar surface area (TPSA) is 89.0 Å². The molecular weight excluding hydrogens is 440 g/mol. The number of ether oxygens (including phenoxy) is 2. The minimum absolute atomic E-state index is 0.0482. The van der Waals surface area contributed by atoms with E-state index in [2.05, 4.69) is 17.1 Å². The Morgan fingerprint density at radius 1 is 1.18 bits per heavy atom. The highest BCUT2D eigenvalue weighted by Gasteiger charge is 2.37. The molecule has 3 atom stereocenters. The lowest BCUT2D eigenvalue weighted by Gasteiger charge is -2.26. The van der Waals surface area contributed by atoms with Crippen molar-refractivity contribution in [2.45, 2.75) is 25.9 Å². The van der Waals surface area contributed by atoms with Gasteiger partial charge in [0.15, 0.2) is 0 Å². The molecule has 1 N–H and O–H groups in total. The molecule has 2 aliphatic rings. The molecule has 1 fully saturated rings. The minimum Gasteiger partial charge on any atom is -0.485 e. The third kappa shape index (κ3) is 4.43. The van der Waals surface area contributed by atoms with Crippen LogP contribution in [0.1, 0.15) is 40.2 Å². The van der Waals surface area contributed by atoms with Crippen LogP contribution in [0.2, 0.25) is 0 Å². The van der Waals surface area contributed by atoms with Gasteiger partial charge in [0.2, 0.25) is 0 Å². The van der Waals surface area contributed by atoms with Gasteiger partial charge in [-0.1, -0.05) is 48.6 Å². The van der Waals surface area contributed by atoms with Crippen LogP contribution in [0.15, 0.2) is 54.7 Å². The van der Waals surface area contributed by atoms with Crippen LogP contribution in [-0.4, -0.2) is 40.0 Å². The van der Waals surface area contributed by atoms with Gasteiger partial charge in [0.25, 0.3) is 11.1 Å². The van der Waals surface area contributed by atoms with E-state index in [0.29, 0.717) is 22.4 Å². The lowest BCUT2D eigenvalue weighted by atomic mass is 9.97. The first kappa shape index (κ1) is 21.5. The van der Waals surface area contributed by atoms with E-state index in [0.717, 1.165) is 24.2 Å². The van der Waals surface area contributed by atoms with E-state index >= 15 is 0 Å². The summed E-state index contributed by atoms with van der Waals surface area (Å²) in [5.41, 5.74) is 2.25. The maximum atomic E-state index is 12.8. The Hall–Kier alpha value is -3.39. The fraction of sp³-hybridized carbons (Fsp3) is 0.320. The Bertz CT molecular complexity index is 1180. The van der Waals surface area contributed by atoms with Crippen LogP contribution in [0.4, 0.5) is 0 Å². The molecule has 0 aliphatic carbocycles. The number of aryl methyl sites for hydroxylation is 1. The Kier molecular flexibility index (Phi) is 5.76. The molecule has 0 saturated carbocycles. The zero-order valence-corrected chi connectivity index (χ0v) is 19.0. The largest absolute Gasteiger partial charge is 0.485 e. The number of aliphatic carboxylic acids is 1. The van der Waals surface area contributed by atoms with E-state index in [9.17, 15) is 14.7 Å². The van der Waals surface area contributed by atoms with Crippen molar-refractivity contribution in [1.82, 2.24) is 9.88 Å². The summed E-state index contributed by atoms with van der Waals surface area (Å²) in [6, 6.07) is 15.9. The van der Waals surface area contributed by atoms with Crippen LogP contribution >= 0.6 is 11.3 Å². The highest BCUT2D eigenvalue weighted by molar-refractivity contribution is 7.15. The van der Waals surface area contributed by atoms with Gasteiger partial charge in [-0.3, -0.25) is 9.59 Å². The maximum absolute atomic E-state index is 12.8. The van der Waals surface area contributed by atoms with Gasteiger partial charge in [-0.25, -0.2) is 4.98 Å². The van der Waals surface area contributed by atoms with Crippen molar-refractivity contribution in [3.05, 3.63) is 70.7 Å². The molecule has 33 heavy (non-hydrogen) atoms. The monoisotopic (exact) mass is 464 g/mol. The number of carbonyl (C=O) groups excluding carboxylic acids is 1. The van der Waals surface area contributed by atoms with Crippen LogP contribution in [-0.2, 0) is 11.2 Å². The second-order valence-electron chi connectivity index (χ2n) is 8.55. The second kappa shape index (κ2) is 8.86. The number of carbonyl (C=O) groups is 2. The Morgan fingerprint density at radius 2 is 2.00 bits per heavy atom. The van der Waals surface area contributed by atoms with Gasteiger partial charge in [0, 0.05) is 13.1 Å². The molecular formula is C25H24N2O5S. The van der Waals surface area contributed by atoms with Crippen LogP contribution in [0, 0.1) is 11.8 Å². The third-order valence-corrected chi connectivity index (χ3v) is 7.13. The summed E-state index contributed by atoms with van der Waals surface area (Å²) in [6.45, 7) is 2.51. The lowest BCUT2D eigenvalue weighted by Crippen LogP contribution is -2.29. The number of nitrogens with zero attached hydrogens (tertiary/aromatic N) is 2. The SMILES string of the molecule is CC1CN(C(=O)c2cnc(Oc3ccc4c(c3)CC[C@@H](c3ccccc3)O4)s2)CC1C(=O)O.